The molecule has 0 fully saturated rings. The first-order valence-corrected chi connectivity index (χ1v) is 7.69. The quantitative estimate of drug-likeness (QED) is 0.618. The molecule has 0 spiro atoms. The highest BCUT2D eigenvalue weighted by Gasteiger charge is 2.16. The normalized spacial score (nSPS) is 11.3. The van der Waals surface area contributed by atoms with Gasteiger partial charge < -0.3 is 14.8 Å². The maximum atomic E-state index is 5.42. The van der Waals surface area contributed by atoms with Crippen LogP contribution < -0.4 is 14.8 Å². The Labute approximate surface area is 135 Å². The van der Waals surface area contributed by atoms with E-state index in [1.54, 1.807) is 35.6 Å². The molecule has 0 aliphatic rings. The summed E-state index contributed by atoms with van der Waals surface area (Å²) in [6.07, 6.45) is 3.57. The minimum Gasteiger partial charge on any atom is -0.495 e. The molecule has 0 aliphatic heterocycles. The van der Waals surface area contributed by atoms with Crippen LogP contribution in [0.4, 0.5) is 5.13 Å². The summed E-state index contributed by atoms with van der Waals surface area (Å²) in [5, 5.41) is 12.9. The molecule has 0 saturated heterocycles. The smallest absolute Gasteiger partial charge is 0.214 e. The number of rotatable bonds is 4. The number of nitrogens with one attached hydrogen (secondary N) is 1. The van der Waals surface area contributed by atoms with Crippen LogP contribution in [0.25, 0.3) is 21.9 Å². The Balaban J connectivity index is 1.92. The summed E-state index contributed by atoms with van der Waals surface area (Å²) in [6, 6.07) is 3.77. The van der Waals surface area contributed by atoms with E-state index < -0.39 is 0 Å². The van der Waals surface area contributed by atoms with E-state index in [1.165, 1.54) is 11.3 Å². The highest BCUT2D eigenvalue weighted by Crippen LogP contribution is 2.30. The third kappa shape index (κ3) is 2.08. The Morgan fingerprint density at radius 3 is 2.78 bits per heavy atom. The lowest BCUT2D eigenvalue weighted by atomic mass is 10.3. The molecule has 0 aromatic carbocycles. The van der Waals surface area contributed by atoms with E-state index in [1.807, 2.05) is 19.2 Å². The number of nitrogens with zero attached hydrogens (tertiary/aromatic N) is 5. The zero-order valence-electron chi connectivity index (χ0n) is 12.8. The Hall–Kier alpha value is -2.81. The number of aromatic nitrogens is 5. The van der Waals surface area contributed by atoms with Crippen molar-refractivity contribution in [2.24, 2.45) is 0 Å². The first kappa shape index (κ1) is 13.8. The van der Waals surface area contributed by atoms with E-state index in [0.717, 1.165) is 27.0 Å². The second-order valence-corrected chi connectivity index (χ2v) is 5.76. The molecule has 0 unspecified atom stereocenters. The summed E-state index contributed by atoms with van der Waals surface area (Å²) in [5.74, 6) is 1.37. The molecule has 23 heavy (non-hydrogen) atoms. The molecule has 8 nitrogen and oxygen atoms in total. The molecule has 0 atom stereocenters. The van der Waals surface area contributed by atoms with Gasteiger partial charge in [-0.2, -0.15) is 9.61 Å². The van der Waals surface area contributed by atoms with E-state index >= 15 is 0 Å². The van der Waals surface area contributed by atoms with Crippen LogP contribution in [0.3, 0.4) is 0 Å². The molecule has 9 heteroatoms. The molecule has 4 rings (SSSR count). The van der Waals surface area contributed by atoms with Gasteiger partial charge in [-0.25, -0.2) is 9.50 Å². The van der Waals surface area contributed by atoms with Gasteiger partial charge in [0.2, 0.25) is 10.1 Å². The Morgan fingerprint density at radius 1 is 1.17 bits per heavy atom. The van der Waals surface area contributed by atoms with Crippen LogP contribution in [-0.2, 0) is 0 Å². The zero-order valence-corrected chi connectivity index (χ0v) is 13.6. The molecule has 0 amide bonds. The van der Waals surface area contributed by atoms with Crippen molar-refractivity contribution in [3.05, 3.63) is 24.5 Å². The molecule has 4 aromatic heterocycles. The first-order chi connectivity index (χ1) is 11.2. The second kappa shape index (κ2) is 5.13. The highest BCUT2D eigenvalue weighted by molar-refractivity contribution is 7.20. The molecule has 4 aromatic rings. The summed E-state index contributed by atoms with van der Waals surface area (Å²) in [4.78, 5) is 5.19. The van der Waals surface area contributed by atoms with Crippen LogP contribution in [0.15, 0.2) is 24.5 Å². The van der Waals surface area contributed by atoms with Crippen molar-refractivity contribution in [1.82, 2.24) is 24.2 Å². The number of hydrogen-bond acceptors (Lipinski definition) is 7. The molecular formula is C14H14N6O2S. The lowest BCUT2D eigenvalue weighted by Gasteiger charge is -2.05. The van der Waals surface area contributed by atoms with Gasteiger partial charge in [-0.1, -0.05) is 11.3 Å². The van der Waals surface area contributed by atoms with Gasteiger partial charge in [0.1, 0.15) is 28.4 Å². The third-order valence-corrected chi connectivity index (χ3v) is 4.47. The van der Waals surface area contributed by atoms with Crippen LogP contribution in [0.2, 0.25) is 0 Å². The van der Waals surface area contributed by atoms with E-state index in [2.05, 4.69) is 20.5 Å². The number of ether oxygens (including phenoxy) is 2. The Morgan fingerprint density at radius 2 is 2.04 bits per heavy atom. The minimum atomic E-state index is 0.675. The molecular weight excluding hydrogens is 316 g/mol. The number of hydrogen-bond donors (Lipinski definition) is 1. The summed E-state index contributed by atoms with van der Waals surface area (Å²) in [5.41, 5.74) is 2.43. The van der Waals surface area contributed by atoms with Crippen LogP contribution >= 0.6 is 11.3 Å². The largest absolute Gasteiger partial charge is 0.495 e. The number of methoxy groups -OCH3 is 2. The van der Waals surface area contributed by atoms with Crippen molar-refractivity contribution < 1.29 is 9.47 Å². The topological polar surface area (TPSA) is 78.0 Å². The molecule has 0 saturated carbocycles. The van der Waals surface area contributed by atoms with Crippen molar-refractivity contribution in [3.8, 4) is 22.9 Å². The van der Waals surface area contributed by atoms with E-state index in [4.69, 9.17) is 9.47 Å². The van der Waals surface area contributed by atoms with Gasteiger partial charge >= 0.3 is 0 Å². The van der Waals surface area contributed by atoms with Gasteiger partial charge in [0, 0.05) is 13.1 Å². The fraction of sp³-hybridized carbons (Fsp3) is 0.214. The SMILES string of the molecule is CNc1nn2c(-c3cc4c(OC)cc(OC)cn4n3)cnc2s1. The van der Waals surface area contributed by atoms with E-state index in [0.29, 0.717) is 11.5 Å². The van der Waals surface area contributed by atoms with Crippen molar-refractivity contribution in [1.29, 1.82) is 0 Å². The van der Waals surface area contributed by atoms with Crippen molar-refractivity contribution in [3.63, 3.8) is 0 Å². The lowest BCUT2D eigenvalue weighted by molar-refractivity contribution is 0.392. The van der Waals surface area contributed by atoms with Gasteiger partial charge in [-0.15, -0.1) is 5.10 Å². The van der Waals surface area contributed by atoms with Crippen molar-refractivity contribution >= 4 is 26.9 Å². The minimum absolute atomic E-state index is 0.675. The average molecular weight is 330 g/mol. The monoisotopic (exact) mass is 330 g/mol. The Bertz CT molecular complexity index is 1000. The van der Waals surface area contributed by atoms with Gasteiger partial charge in [-0.05, 0) is 6.07 Å². The average Bonchev–Trinajstić information content (AvgIpc) is 3.25. The fourth-order valence-corrected chi connectivity index (χ4v) is 3.14. The predicted octanol–water partition coefficient (Wildman–Crippen LogP) is 2.16. The standard InChI is InChI=1S/C14H14N6O2S/c1-15-13-18-20-11(6-16-14(20)23-13)9-5-10-12(22-3)4-8(21-2)7-19(10)17-9/h4-7H,1-3H3,(H,15,18). The van der Waals surface area contributed by atoms with E-state index in [-0.39, 0.29) is 0 Å². The molecule has 118 valence electrons. The van der Waals surface area contributed by atoms with Gasteiger partial charge in [0.25, 0.3) is 0 Å². The number of imidazole rings is 1. The van der Waals surface area contributed by atoms with Crippen LogP contribution in [0.1, 0.15) is 0 Å². The Kier molecular flexibility index (Phi) is 3.08. The van der Waals surface area contributed by atoms with Crippen LogP contribution in [0.5, 0.6) is 11.5 Å². The predicted molar refractivity (Wildman–Crippen MR) is 87.7 cm³/mol. The lowest BCUT2D eigenvalue weighted by Crippen LogP contribution is -1.95. The molecule has 1 N–H and O–H groups in total. The van der Waals surface area contributed by atoms with E-state index in [9.17, 15) is 0 Å². The number of anilines is 1. The zero-order chi connectivity index (χ0) is 16.0. The number of fused-ring (bicyclic) bond motifs is 2. The number of pyridine rings is 1. The first-order valence-electron chi connectivity index (χ1n) is 6.87. The summed E-state index contributed by atoms with van der Waals surface area (Å²) >= 11 is 1.48. The summed E-state index contributed by atoms with van der Waals surface area (Å²) in [7, 11) is 5.07. The molecule has 0 bridgehead atoms. The maximum absolute atomic E-state index is 5.42. The summed E-state index contributed by atoms with van der Waals surface area (Å²) in [6.45, 7) is 0. The van der Waals surface area contributed by atoms with Gasteiger partial charge in [0.15, 0.2) is 0 Å². The maximum Gasteiger partial charge on any atom is 0.214 e. The molecule has 0 radical (unpaired) electrons. The highest BCUT2D eigenvalue weighted by atomic mass is 32.1. The van der Waals surface area contributed by atoms with Gasteiger partial charge in [-0.3, -0.25) is 0 Å². The second-order valence-electron chi connectivity index (χ2n) is 4.80. The third-order valence-electron chi connectivity index (χ3n) is 3.53. The van der Waals surface area contributed by atoms with Crippen molar-refractivity contribution in [2.45, 2.75) is 0 Å². The summed E-state index contributed by atoms with van der Waals surface area (Å²) < 4.78 is 14.2. The molecule has 4 heterocycles. The van der Waals surface area contributed by atoms with Crippen molar-refractivity contribution in [2.75, 3.05) is 26.6 Å². The molecule has 0 aliphatic carbocycles. The van der Waals surface area contributed by atoms with Crippen LogP contribution in [0, 0.1) is 0 Å². The van der Waals surface area contributed by atoms with Crippen LogP contribution in [-0.4, -0.2) is 45.5 Å². The van der Waals surface area contributed by atoms with Gasteiger partial charge in [0.05, 0.1) is 26.6 Å². The fourth-order valence-electron chi connectivity index (χ4n) is 2.41.